The van der Waals surface area contributed by atoms with Crippen LogP contribution in [0.25, 0.3) is 11.3 Å². The summed E-state index contributed by atoms with van der Waals surface area (Å²) in [6.45, 7) is 0.559. The molecule has 3 aromatic rings. The SMILES string of the molecule is COc1ccc(-c2cnc(SCCNC(=O)c3ccccc3Br)[nH]2)cc1. The zero-order valence-corrected chi connectivity index (χ0v) is 16.6. The number of nitrogens with zero attached hydrogens (tertiary/aromatic N) is 1. The smallest absolute Gasteiger partial charge is 0.252 e. The van der Waals surface area contributed by atoms with Crippen LogP contribution in [0.4, 0.5) is 0 Å². The van der Waals surface area contributed by atoms with E-state index in [1.165, 1.54) is 0 Å². The Labute approximate surface area is 164 Å². The van der Waals surface area contributed by atoms with Gasteiger partial charge in [0.15, 0.2) is 5.16 Å². The Hall–Kier alpha value is -2.25. The first-order valence-corrected chi connectivity index (χ1v) is 9.80. The molecule has 0 spiro atoms. The number of H-pyrrole nitrogens is 1. The van der Waals surface area contributed by atoms with E-state index in [1.54, 1.807) is 24.9 Å². The number of nitrogens with one attached hydrogen (secondary N) is 2. The molecule has 1 aromatic heterocycles. The molecule has 0 aliphatic carbocycles. The molecule has 5 nitrogen and oxygen atoms in total. The number of hydrogen-bond acceptors (Lipinski definition) is 4. The Morgan fingerprint density at radius 2 is 2.00 bits per heavy atom. The van der Waals surface area contributed by atoms with Crippen LogP contribution >= 0.6 is 27.7 Å². The van der Waals surface area contributed by atoms with Gasteiger partial charge in [-0.1, -0.05) is 23.9 Å². The number of thioether (sulfide) groups is 1. The first-order valence-electron chi connectivity index (χ1n) is 8.02. The number of methoxy groups -OCH3 is 1. The lowest BCUT2D eigenvalue weighted by Crippen LogP contribution is -2.26. The van der Waals surface area contributed by atoms with Crippen molar-refractivity contribution in [3.05, 3.63) is 64.8 Å². The number of amides is 1. The maximum Gasteiger partial charge on any atom is 0.252 e. The fourth-order valence-corrected chi connectivity index (χ4v) is 3.52. The van der Waals surface area contributed by atoms with Gasteiger partial charge in [-0.25, -0.2) is 4.98 Å². The summed E-state index contributed by atoms with van der Waals surface area (Å²) in [6.07, 6.45) is 1.81. The second-order valence-electron chi connectivity index (χ2n) is 5.41. The van der Waals surface area contributed by atoms with Crippen LogP contribution in [0.1, 0.15) is 10.4 Å². The Morgan fingerprint density at radius 3 is 2.73 bits per heavy atom. The average molecular weight is 432 g/mol. The number of rotatable bonds is 7. The highest BCUT2D eigenvalue weighted by Gasteiger charge is 2.09. The van der Waals surface area contributed by atoms with Crippen molar-refractivity contribution in [2.45, 2.75) is 5.16 Å². The van der Waals surface area contributed by atoms with E-state index in [1.807, 2.05) is 48.7 Å². The van der Waals surface area contributed by atoms with Gasteiger partial charge in [0.1, 0.15) is 5.75 Å². The van der Waals surface area contributed by atoms with Crippen LogP contribution < -0.4 is 10.1 Å². The van der Waals surface area contributed by atoms with Crippen molar-refractivity contribution in [1.29, 1.82) is 0 Å². The summed E-state index contributed by atoms with van der Waals surface area (Å²) in [4.78, 5) is 19.8. The highest BCUT2D eigenvalue weighted by atomic mass is 79.9. The van der Waals surface area contributed by atoms with Gasteiger partial charge < -0.3 is 15.0 Å². The molecule has 0 unspecified atom stereocenters. The molecule has 1 amide bonds. The minimum absolute atomic E-state index is 0.0866. The average Bonchev–Trinajstić information content (AvgIpc) is 3.14. The summed E-state index contributed by atoms with van der Waals surface area (Å²) >= 11 is 4.95. The molecular weight excluding hydrogens is 414 g/mol. The predicted molar refractivity (Wildman–Crippen MR) is 108 cm³/mol. The molecule has 0 aliphatic rings. The summed E-state index contributed by atoms with van der Waals surface area (Å²) in [5, 5.41) is 3.74. The van der Waals surface area contributed by atoms with Gasteiger partial charge in [-0.3, -0.25) is 4.79 Å². The summed E-state index contributed by atoms with van der Waals surface area (Å²) in [6, 6.07) is 15.2. The lowest BCUT2D eigenvalue weighted by molar-refractivity contribution is 0.0955. The molecule has 2 aromatic carbocycles. The Morgan fingerprint density at radius 1 is 1.23 bits per heavy atom. The molecule has 3 rings (SSSR count). The number of ether oxygens (including phenoxy) is 1. The number of aromatic amines is 1. The normalized spacial score (nSPS) is 10.5. The number of aromatic nitrogens is 2. The molecular formula is C19H18BrN3O2S. The third-order valence-corrected chi connectivity index (χ3v) is 5.28. The van der Waals surface area contributed by atoms with E-state index in [4.69, 9.17) is 4.74 Å². The zero-order chi connectivity index (χ0) is 18.4. The van der Waals surface area contributed by atoms with Gasteiger partial charge in [-0.05, 0) is 57.9 Å². The largest absolute Gasteiger partial charge is 0.497 e. The van der Waals surface area contributed by atoms with Gasteiger partial charge in [-0.2, -0.15) is 0 Å². The number of carbonyl (C=O) groups is 1. The first kappa shape index (κ1) is 18.5. The molecule has 0 saturated carbocycles. The van der Waals surface area contributed by atoms with Gasteiger partial charge in [0.2, 0.25) is 0 Å². The standard InChI is InChI=1S/C19H18BrN3O2S/c1-25-14-8-6-13(7-9-14)17-12-22-19(23-17)26-11-10-21-18(24)15-4-2-3-5-16(15)20/h2-9,12H,10-11H2,1H3,(H,21,24)(H,22,23). The van der Waals surface area contributed by atoms with Crippen LogP contribution in [0.3, 0.4) is 0 Å². The number of imidazole rings is 1. The van der Waals surface area contributed by atoms with Crippen molar-refractivity contribution in [1.82, 2.24) is 15.3 Å². The highest BCUT2D eigenvalue weighted by molar-refractivity contribution is 9.10. The summed E-state index contributed by atoms with van der Waals surface area (Å²) in [7, 11) is 1.65. The molecule has 0 aliphatic heterocycles. The molecule has 0 saturated heterocycles. The maximum atomic E-state index is 12.1. The maximum absolute atomic E-state index is 12.1. The van der Waals surface area contributed by atoms with Crippen molar-refractivity contribution in [3.63, 3.8) is 0 Å². The number of benzene rings is 2. The fourth-order valence-electron chi connectivity index (χ4n) is 2.35. The van der Waals surface area contributed by atoms with Gasteiger partial charge in [0, 0.05) is 16.8 Å². The second-order valence-corrected chi connectivity index (χ2v) is 7.35. The van der Waals surface area contributed by atoms with Crippen LogP contribution in [0.15, 0.2) is 64.4 Å². The number of carbonyl (C=O) groups excluding carboxylic acids is 1. The minimum Gasteiger partial charge on any atom is -0.497 e. The van der Waals surface area contributed by atoms with Gasteiger partial charge in [-0.15, -0.1) is 0 Å². The van der Waals surface area contributed by atoms with Gasteiger partial charge >= 0.3 is 0 Å². The lowest BCUT2D eigenvalue weighted by Gasteiger charge is -2.06. The van der Waals surface area contributed by atoms with Crippen molar-refractivity contribution < 1.29 is 9.53 Å². The summed E-state index contributed by atoms with van der Waals surface area (Å²) in [5.74, 6) is 1.46. The quantitative estimate of drug-likeness (QED) is 0.430. The van der Waals surface area contributed by atoms with Crippen molar-refractivity contribution in [2.24, 2.45) is 0 Å². The molecule has 2 N–H and O–H groups in total. The van der Waals surface area contributed by atoms with Gasteiger partial charge in [0.05, 0.1) is 24.6 Å². The number of halogens is 1. The molecule has 1 heterocycles. The lowest BCUT2D eigenvalue weighted by atomic mass is 10.2. The molecule has 7 heteroatoms. The highest BCUT2D eigenvalue weighted by Crippen LogP contribution is 2.23. The second kappa shape index (κ2) is 8.91. The topological polar surface area (TPSA) is 67.0 Å². The Bertz CT molecular complexity index is 881. The van der Waals surface area contributed by atoms with E-state index < -0.39 is 0 Å². The van der Waals surface area contributed by atoms with Gasteiger partial charge in [0.25, 0.3) is 5.91 Å². The van der Waals surface area contributed by atoms with Crippen LogP contribution in [-0.2, 0) is 0 Å². The van der Waals surface area contributed by atoms with E-state index in [2.05, 4.69) is 31.2 Å². The molecule has 0 bridgehead atoms. The van der Waals surface area contributed by atoms with Crippen LogP contribution in [-0.4, -0.2) is 35.3 Å². The van der Waals surface area contributed by atoms with Crippen molar-refractivity contribution in [2.75, 3.05) is 19.4 Å². The molecule has 0 fully saturated rings. The Kier molecular flexibility index (Phi) is 6.35. The van der Waals surface area contributed by atoms with Crippen molar-refractivity contribution in [3.8, 4) is 17.0 Å². The molecule has 134 valence electrons. The molecule has 0 atom stereocenters. The Balaban J connectivity index is 1.49. The third-order valence-electron chi connectivity index (χ3n) is 3.70. The van der Waals surface area contributed by atoms with E-state index in [-0.39, 0.29) is 5.91 Å². The predicted octanol–water partition coefficient (Wildman–Crippen LogP) is 4.37. The third kappa shape index (κ3) is 4.68. The summed E-state index contributed by atoms with van der Waals surface area (Å²) in [5.41, 5.74) is 2.64. The van der Waals surface area contributed by atoms with Crippen molar-refractivity contribution >= 4 is 33.6 Å². The van der Waals surface area contributed by atoms with Crippen LogP contribution in [0.5, 0.6) is 5.75 Å². The summed E-state index contributed by atoms with van der Waals surface area (Å²) < 4.78 is 5.96. The minimum atomic E-state index is -0.0866. The van der Waals surface area contributed by atoms with E-state index in [0.717, 1.165) is 32.4 Å². The zero-order valence-electron chi connectivity index (χ0n) is 14.2. The first-order chi connectivity index (χ1) is 12.7. The van der Waals surface area contributed by atoms with Crippen LogP contribution in [0, 0.1) is 0 Å². The van der Waals surface area contributed by atoms with E-state index >= 15 is 0 Å². The number of hydrogen-bond donors (Lipinski definition) is 2. The molecule has 26 heavy (non-hydrogen) atoms. The van der Waals surface area contributed by atoms with Crippen LogP contribution in [0.2, 0.25) is 0 Å². The fraction of sp³-hybridized carbons (Fsp3) is 0.158. The molecule has 0 radical (unpaired) electrons. The van der Waals surface area contributed by atoms with E-state index in [0.29, 0.717) is 12.1 Å². The van der Waals surface area contributed by atoms with E-state index in [9.17, 15) is 4.79 Å². The monoisotopic (exact) mass is 431 g/mol.